The Morgan fingerprint density at radius 3 is 1.97 bits per heavy atom. The Labute approximate surface area is 215 Å². The van der Waals surface area contributed by atoms with Gasteiger partial charge in [-0.05, 0) is 52.3 Å². The predicted molar refractivity (Wildman–Crippen MR) is 145 cm³/mol. The normalized spacial score (nSPS) is 17.9. The third kappa shape index (κ3) is 4.83. The van der Waals surface area contributed by atoms with E-state index in [-0.39, 0.29) is 16.7 Å². The number of benzene rings is 3. The van der Waals surface area contributed by atoms with Crippen molar-refractivity contribution in [3.8, 4) is 0 Å². The first-order chi connectivity index (χ1) is 16.5. The maximum atomic E-state index is 13.4. The average molecular weight is 532 g/mol. The number of aliphatic hydroxyl groups excluding tert-OH is 1. The first-order valence-corrected chi connectivity index (χ1v) is 12.6. The van der Waals surface area contributed by atoms with Gasteiger partial charge >= 0.3 is 0 Å². The van der Waals surface area contributed by atoms with Crippen molar-refractivity contribution in [3.05, 3.63) is 105 Å². The summed E-state index contributed by atoms with van der Waals surface area (Å²) >= 11 is 3.40. The van der Waals surface area contributed by atoms with Crippen molar-refractivity contribution in [1.29, 1.82) is 0 Å². The zero-order chi connectivity index (χ0) is 25.5. The molecule has 1 atom stereocenters. The Kier molecular flexibility index (Phi) is 6.74. The molecule has 5 heteroatoms. The molecule has 0 saturated carbocycles. The van der Waals surface area contributed by atoms with Crippen LogP contribution in [0.5, 0.6) is 0 Å². The standard InChI is InChI=1S/C30H30BrNO3/c1-18(2)19-10-16-24(17-11-19)32-26(20-6-12-22(13-7-20)30(3,4)5)25(28(34)29(32)35)27(33)21-8-14-23(31)15-9-21/h6-18,26,33H,1-5H3/b27-25-. The first kappa shape index (κ1) is 24.9. The summed E-state index contributed by atoms with van der Waals surface area (Å²) in [7, 11) is 0. The molecule has 1 saturated heterocycles. The molecule has 4 rings (SSSR count). The van der Waals surface area contributed by atoms with Gasteiger partial charge in [-0.25, -0.2) is 0 Å². The number of ketones is 1. The van der Waals surface area contributed by atoms with Crippen LogP contribution in [0.15, 0.2) is 82.8 Å². The summed E-state index contributed by atoms with van der Waals surface area (Å²) in [5, 5.41) is 11.3. The maximum absolute atomic E-state index is 13.4. The molecule has 3 aromatic carbocycles. The number of rotatable bonds is 4. The SMILES string of the molecule is CC(C)c1ccc(N2C(=O)C(=O)/C(=C(\O)c3ccc(Br)cc3)C2c2ccc(C(C)(C)C)cc2)cc1. The second-order valence-electron chi connectivity index (χ2n) is 10.3. The van der Waals surface area contributed by atoms with Gasteiger partial charge in [-0.1, -0.05) is 99.1 Å². The fourth-order valence-corrected chi connectivity index (χ4v) is 4.63. The summed E-state index contributed by atoms with van der Waals surface area (Å²) in [6, 6.07) is 21.9. The molecule has 0 aromatic heterocycles. The van der Waals surface area contributed by atoms with Crippen LogP contribution in [0.4, 0.5) is 5.69 Å². The number of amides is 1. The van der Waals surface area contributed by atoms with Crippen LogP contribution in [-0.4, -0.2) is 16.8 Å². The fourth-order valence-electron chi connectivity index (χ4n) is 4.36. The Bertz CT molecular complexity index is 1280. The van der Waals surface area contributed by atoms with Crippen LogP contribution in [0, 0.1) is 0 Å². The van der Waals surface area contributed by atoms with E-state index in [9.17, 15) is 14.7 Å². The predicted octanol–water partition coefficient (Wildman–Crippen LogP) is 7.50. The minimum absolute atomic E-state index is 0.0373. The first-order valence-electron chi connectivity index (χ1n) is 11.8. The van der Waals surface area contributed by atoms with E-state index in [1.807, 2.05) is 48.5 Å². The van der Waals surface area contributed by atoms with Gasteiger partial charge in [0.1, 0.15) is 5.76 Å². The van der Waals surface area contributed by atoms with Crippen LogP contribution in [0.2, 0.25) is 0 Å². The Morgan fingerprint density at radius 2 is 1.46 bits per heavy atom. The number of carbonyl (C=O) groups excluding carboxylic acids is 2. The van der Waals surface area contributed by atoms with E-state index in [4.69, 9.17) is 0 Å². The largest absolute Gasteiger partial charge is 0.507 e. The molecule has 1 aliphatic rings. The van der Waals surface area contributed by atoms with Crippen molar-refractivity contribution in [2.75, 3.05) is 4.90 Å². The number of hydrogen-bond donors (Lipinski definition) is 1. The highest BCUT2D eigenvalue weighted by atomic mass is 79.9. The molecule has 1 fully saturated rings. The van der Waals surface area contributed by atoms with Crippen molar-refractivity contribution < 1.29 is 14.7 Å². The van der Waals surface area contributed by atoms with Crippen LogP contribution >= 0.6 is 15.9 Å². The molecule has 1 amide bonds. The smallest absolute Gasteiger partial charge is 0.300 e. The molecule has 1 unspecified atom stereocenters. The van der Waals surface area contributed by atoms with Crippen LogP contribution in [0.25, 0.3) is 5.76 Å². The molecular weight excluding hydrogens is 502 g/mol. The van der Waals surface area contributed by atoms with E-state index in [2.05, 4.69) is 50.5 Å². The molecule has 1 N–H and O–H groups in total. The van der Waals surface area contributed by atoms with Gasteiger partial charge in [0, 0.05) is 15.7 Å². The van der Waals surface area contributed by atoms with Gasteiger partial charge in [-0.15, -0.1) is 0 Å². The van der Waals surface area contributed by atoms with E-state index < -0.39 is 17.7 Å². The lowest BCUT2D eigenvalue weighted by Crippen LogP contribution is -2.29. The Hall–Kier alpha value is -3.18. The number of nitrogens with zero attached hydrogens (tertiary/aromatic N) is 1. The molecule has 1 aliphatic heterocycles. The average Bonchev–Trinajstić information content (AvgIpc) is 3.09. The second-order valence-corrected chi connectivity index (χ2v) is 11.2. The van der Waals surface area contributed by atoms with Crippen LogP contribution in [-0.2, 0) is 15.0 Å². The quantitative estimate of drug-likeness (QED) is 0.215. The molecular formula is C30H30BrNO3. The molecule has 0 aliphatic carbocycles. The lowest BCUT2D eigenvalue weighted by molar-refractivity contribution is -0.132. The van der Waals surface area contributed by atoms with Crippen molar-refractivity contribution in [1.82, 2.24) is 0 Å². The van der Waals surface area contributed by atoms with Crippen LogP contribution < -0.4 is 4.90 Å². The van der Waals surface area contributed by atoms with Gasteiger partial charge in [0.25, 0.3) is 11.7 Å². The lowest BCUT2D eigenvalue weighted by Gasteiger charge is -2.27. The van der Waals surface area contributed by atoms with Gasteiger partial charge in [-0.3, -0.25) is 14.5 Å². The third-order valence-corrected chi connectivity index (χ3v) is 7.02. The zero-order valence-electron chi connectivity index (χ0n) is 20.7. The maximum Gasteiger partial charge on any atom is 0.300 e. The van der Waals surface area contributed by atoms with E-state index >= 15 is 0 Å². The summed E-state index contributed by atoms with van der Waals surface area (Å²) in [5.74, 6) is -1.17. The minimum Gasteiger partial charge on any atom is -0.507 e. The third-order valence-electron chi connectivity index (χ3n) is 6.49. The van der Waals surface area contributed by atoms with Gasteiger partial charge in [-0.2, -0.15) is 0 Å². The van der Waals surface area contributed by atoms with E-state index in [1.165, 1.54) is 4.90 Å². The summed E-state index contributed by atoms with van der Waals surface area (Å²) in [6.45, 7) is 10.6. The lowest BCUT2D eigenvalue weighted by atomic mass is 9.85. The molecule has 0 radical (unpaired) electrons. The van der Waals surface area contributed by atoms with Gasteiger partial charge in [0.15, 0.2) is 0 Å². The molecule has 4 nitrogen and oxygen atoms in total. The fraction of sp³-hybridized carbons (Fsp3) is 0.267. The molecule has 3 aromatic rings. The summed E-state index contributed by atoms with van der Waals surface area (Å²) < 4.78 is 0.856. The molecule has 0 spiro atoms. The van der Waals surface area contributed by atoms with Crippen molar-refractivity contribution in [3.63, 3.8) is 0 Å². The molecule has 35 heavy (non-hydrogen) atoms. The number of hydrogen-bond acceptors (Lipinski definition) is 3. The van der Waals surface area contributed by atoms with Crippen LogP contribution in [0.3, 0.4) is 0 Å². The van der Waals surface area contributed by atoms with Crippen molar-refractivity contribution in [2.45, 2.75) is 52.0 Å². The topological polar surface area (TPSA) is 57.6 Å². The Balaban J connectivity index is 1.90. The number of aliphatic hydroxyl groups is 1. The van der Waals surface area contributed by atoms with Crippen molar-refractivity contribution in [2.24, 2.45) is 0 Å². The highest BCUT2D eigenvalue weighted by molar-refractivity contribution is 9.10. The highest BCUT2D eigenvalue weighted by Crippen LogP contribution is 2.43. The highest BCUT2D eigenvalue weighted by Gasteiger charge is 2.47. The molecule has 0 bridgehead atoms. The van der Waals surface area contributed by atoms with E-state index in [0.717, 1.165) is 21.2 Å². The zero-order valence-corrected chi connectivity index (χ0v) is 22.3. The Morgan fingerprint density at radius 1 is 0.886 bits per heavy atom. The van der Waals surface area contributed by atoms with E-state index in [0.29, 0.717) is 17.2 Å². The van der Waals surface area contributed by atoms with Crippen LogP contribution in [0.1, 0.15) is 68.8 Å². The summed E-state index contributed by atoms with van der Waals surface area (Å²) in [5.41, 5.74) is 4.22. The van der Waals surface area contributed by atoms with E-state index in [1.54, 1.807) is 24.3 Å². The number of anilines is 1. The number of Topliss-reactive ketones (excluding diaryl/α,β-unsaturated/α-hetero) is 1. The van der Waals surface area contributed by atoms with Gasteiger partial charge in [0.2, 0.25) is 0 Å². The molecule has 180 valence electrons. The molecule has 1 heterocycles. The number of halogens is 1. The monoisotopic (exact) mass is 531 g/mol. The minimum atomic E-state index is -0.738. The van der Waals surface area contributed by atoms with Crippen molar-refractivity contribution >= 4 is 39.1 Å². The van der Waals surface area contributed by atoms with Gasteiger partial charge in [0.05, 0.1) is 11.6 Å². The number of carbonyl (C=O) groups is 2. The second kappa shape index (κ2) is 9.46. The van der Waals surface area contributed by atoms with Gasteiger partial charge < -0.3 is 5.11 Å². The summed E-state index contributed by atoms with van der Waals surface area (Å²) in [6.07, 6.45) is 0. The summed E-state index contributed by atoms with van der Waals surface area (Å²) in [4.78, 5) is 28.2.